The van der Waals surface area contributed by atoms with Gasteiger partial charge < -0.3 is 14.8 Å². The smallest absolute Gasteiger partial charge is 0.237 e. The normalized spacial score (nSPS) is 11.7. The summed E-state index contributed by atoms with van der Waals surface area (Å²) in [5.74, 6) is 1.05. The summed E-state index contributed by atoms with van der Waals surface area (Å²) in [4.78, 5) is 17.0. The molecule has 0 bridgehead atoms. The largest absolute Gasteiger partial charge is 0.497 e. The van der Waals surface area contributed by atoms with Crippen LogP contribution < -0.4 is 14.8 Å². The molecule has 1 amide bonds. The van der Waals surface area contributed by atoms with Gasteiger partial charge in [-0.25, -0.2) is 4.98 Å². The Hall–Kier alpha value is -2.64. The van der Waals surface area contributed by atoms with E-state index in [2.05, 4.69) is 10.3 Å². The van der Waals surface area contributed by atoms with Gasteiger partial charge in [0.2, 0.25) is 5.91 Å². The minimum absolute atomic E-state index is 0.152. The first kappa shape index (κ1) is 20.1. The average Bonchev–Trinajstić information content (AvgIpc) is 3.15. The molecular weight excluding hydrogens is 398 g/mol. The molecule has 0 aliphatic carbocycles. The number of halogens is 1. The Bertz CT molecular complexity index is 955. The summed E-state index contributed by atoms with van der Waals surface area (Å²) in [6.45, 7) is 1.83. The number of carbonyl (C=O) groups is 1. The van der Waals surface area contributed by atoms with Crippen LogP contribution in [0.2, 0.25) is 5.02 Å². The molecule has 8 heteroatoms. The molecule has 0 fully saturated rings. The first-order chi connectivity index (χ1) is 13.5. The predicted molar refractivity (Wildman–Crippen MR) is 112 cm³/mol. The molecule has 2 aromatic carbocycles. The molecule has 146 valence electrons. The number of imidazole rings is 1. The Balaban J connectivity index is 1.73. The van der Waals surface area contributed by atoms with Gasteiger partial charge in [-0.15, -0.1) is 0 Å². The highest BCUT2D eigenvalue weighted by atomic mass is 35.5. The van der Waals surface area contributed by atoms with Crippen molar-refractivity contribution in [2.75, 3.05) is 19.5 Å². The topological polar surface area (TPSA) is 65.4 Å². The highest BCUT2D eigenvalue weighted by Crippen LogP contribution is 2.29. The Morgan fingerprint density at radius 1 is 1.18 bits per heavy atom. The Labute approximate surface area is 172 Å². The van der Waals surface area contributed by atoms with Crippen LogP contribution in [0.4, 0.5) is 5.69 Å². The zero-order chi connectivity index (χ0) is 20.1. The maximum Gasteiger partial charge on any atom is 0.237 e. The van der Waals surface area contributed by atoms with Gasteiger partial charge in [0.1, 0.15) is 11.5 Å². The fourth-order valence-corrected chi connectivity index (χ4v) is 3.60. The van der Waals surface area contributed by atoms with Crippen molar-refractivity contribution in [3.63, 3.8) is 0 Å². The summed E-state index contributed by atoms with van der Waals surface area (Å²) in [5.41, 5.74) is 1.49. The van der Waals surface area contributed by atoms with Crippen molar-refractivity contribution in [2.24, 2.45) is 0 Å². The molecule has 1 aromatic heterocycles. The first-order valence-corrected chi connectivity index (χ1v) is 9.76. The minimum Gasteiger partial charge on any atom is -0.497 e. The molecule has 1 atom stereocenters. The van der Waals surface area contributed by atoms with Crippen molar-refractivity contribution < 1.29 is 14.3 Å². The lowest BCUT2D eigenvalue weighted by Crippen LogP contribution is -2.22. The van der Waals surface area contributed by atoms with E-state index in [0.717, 1.165) is 5.69 Å². The second-order valence-corrected chi connectivity index (χ2v) is 7.65. The monoisotopic (exact) mass is 417 g/mol. The molecule has 6 nitrogen and oxygen atoms in total. The number of anilines is 1. The molecular formula is C20H20ClN3O3S. The van der Waals surface area contributed by atoms with Gasteiger partial charge in [-0.1, -0.05) is 29.4 Å². The van der Waals surface area contributed by atoms with Crippen LogP contribution in [0.25, 0.3) is 5.69 Å². The number of ether oxygens (including phenoxy) is 2. The number of hydrogen-bond acceptors (Lipinski definition) is 5. The van der Waals surface area contributed by atoms with Crippen LogP contribution in [0.15, 0.2) is 60.0 Å². The van der Waals surface area contributed by atoms with Crippen molar-refractivity contribution in [1.82, 2.24) is 9.55 Å². The number of nitrogens with zero attached hydrogens (tertiary/aromatic N) is 2. The SMILES string of the molecule is COc1cc(NC(=O)C(C)Sc2nccn2-c2cccc(Cl)c2)cc(OC)c1. The Morgan fingerprint density at radius 2 is 1.89 bits per heavy atom. The van der Waals surface area contributed by atoms with E-state index in [1.165, 1.54) is 11.8 Å². The van der Waals surface area contributed by atoms with E-state index < -0.39 is 0 Å². The van der Waals surface area contributed by atoms with Crippen LogP contribution in [0.3, 0.4) is 0 Å². The zero-order valence-electron chi connectivity index (χ0n) is 15.7. The number of benzene rings is 2. The van der Waals surface area contributed by atoms with Gasteiger partial charge in [0.05, 0.1) is 19.5 Å². The average molecular weight is 418 g/mol. The van der Waals surface area contributed by atoms with E-state index in [-0.39, 0.29) is 11.2 Å². The lowest BCUT2D eigenvalue weighted by molar-refractivity contribution is -0.115. The third-order valence-electron chi connectivity index (χ3n) is 3.96. The van der Waals surface area contributed by atoms with Gasteiger partial charge in [-0.3, -0.25) is 9.36 Å². The molecule has 1 unspecified atom stereocenters. The van der Waals surface area contributed by atoms with Gasteiger partial charge in [0.25, 0.3) is 0 Å². The lowest BCUT2D eigenvalue weighted by atomic mass is 10.2. The van der Waals surface area contributed by atoms with Crippen molar-refractivity contribution in [3.8, 4) is 17.2 Å². The van der Waals surface area contributed by atoms with Gasteiger partial charge in [0.15, 0.2) is 5.16 Å². The molecule has 3 rings (SSSR count). The van der Waals surface area contributed by atoms with Crippen LogP contribution in [-0.2, 0) is 4.79 Å². The fraction of sp³-hybridized carbons (Fsp3) is 0.200. The number of aromatic nitrogens is 2. The second-order valence-electron chi connectivity index (χ2n) is 5.91. The second kappa shape index (κ2) is 9.03. The standard InChI is InChI=1S/C20H20ClN3O3S/c1-13(19(25)23-15-10-17(26-2)12-18(11-15)27-3)28-20-22-7-8-24(20)16-6-4-5-14(21)9-16/h4-13H,1-3H3,(H,23,25). The van der Waals surface area contributed by atoms with Crippen LogP contribution in [0.1, 0.15) is 6.92 Å². The van der Waals surface area contributed by atoms with E-state index in [4.69, 9.17) is 21.1 Å². The van der Waals surface area contributed by atoms with E-state index in [0.29, 0.717) is 27.4 Å². The number of thioether (sulfide) groups is 1. The van der Waals surface area contributed by atoms with Crippen LogP contribution in [-0.4, -0.2) is 34.9 Å². The molecule has 28 heavy (non-hydrogen) atoms. The number of methoxy groups -OCH3 is 2. The van der Waals surface area contributed by atoms with Crippen molar-refractivity contribution >= 4 is 35.0 Å². The summed E-state index contributed by atoms with van der Waals surface area (Å²) >= 11 is 7.44. The maximum atomic E-state index is 12.7. The molecule has 0 radical (unpaired) electrons. The van der Waals surface area contributed by atoms with E-state index >= 15 is 0 Å². The fourth-order valence-electron chi connectivity index (χ4n) is 2.53. The van der Waals surface area contributed by atoms with Gasteiger partial charge in [0, 0.05) is 47.0 Å². The molecule has 1 heterocycles. The van der Waals surface area contributed by atoms with Crippen LogP contribution in [0, 0.1) is 0 Å². The van der Waals surface area contributed by atoms with E-state index in [9.17, 15) is 4.79 Å². The zero-order valence-corrected chi connectivity index (χ0v) is 17.3. The van der Waals surface area contributed by atoms with Crippen molar-refractivity contribution in [2.45, 2.75) is 17.3 Å². The third kappa shape index (κ3) is 4.79. The Morgan fingerprint density at radius 3 is 2.54 bits per heavy atom. The molecule has 0 spiro atoms. The number of carbonyl (C=O) groups excluding carboxylic acids is 1. The number of hydrogen-bond donors (Lipinski definition) is 1. The van der Waals surface area contributed by atoms with Gasteiger partial charge in [-0.05, 0) is 25.1 Å². The molecule has 3 aromatic rings. The number of rotatable bonds is 7. The molecule has 0 saturated carbocycles. The minimum atomic E-state index is -0.377. The van der Waals surface area contributed by atoms with Gasteiger partial charge in [-0.2, -0.15) is 0 Å². The first-order valence-electron chi connectivity index (χ1n) is 8.50. The quantitative estimate of drug-likeness (QED) is 0.566. The van der Waals surface area contributed by atoms with Crippen molar-refractivity contribution in [3.05, 3.63) is 59.9 Å². The third-order valence-corrected chi connectivity index (χ3v) is 5.28. The predicted octanol–water partition coefficient (Wildman–Crippen LogP) is 4.66. The highest BCUT2D eigenvalue weighted by molar-refractivity contribution is 8.00. The summed E-state index contributed by atoms with van der Waals surface area (Å²) in [6.07, 6.45) is 3.53. The van der Waals surface area contributed by atoms with E-state index in [1.807, 2.05) is 42.0 Å². The summed E-state index contributed by atoms with van der Waals surface area (Å²) < 4.78 is 12.4. The highest BCUT2D eigenvalue weighted by Gasteiger charge is 2.18. The number of nitrogens with one attached hydrogen (secondary N) is 1. The van der Waals surface area contributed by atoms with E-state index in [1.54, 1.807) is 38.6 Å². The summed E-state index contributed by atoms with van der Waals surface area (Å²) in [7, 11) is 3.13. The molecule has 0 saturated heterocycles. The molecule has 0 aliphatic heterocycles. The number of amides is 1. The molecule has 1 N–H and O–H groups in total. The Kier molecular flexibility index (Phi) is 6.49. The van der Waals surface area contributed by atoms with Crippen molar-refractivity contribution in [1.29, 1.82) is 0 Å². The van der Waals surface area contributed by atoms with Crippen LogP contribution in [0.5, 0.6) is 11.5 Å². The maximum absolute atomic E-state index is 12.7. The van der Waals surface area contributed by atoms with Crippen LogP contribution >= 0.6 is 23.4 Å². The summed E-state index contributed by atoms with van der Waals surface area (Å²) in [6, 6.07) is 12.7. The lowest BCUT2D eigenvalue weighted by Gasteiger charge is -2.14. The van der Waals surface area contributed by atoms with Gasteiger partial charge >= 0.3 is 0 Å². The molecule has 0 aliphatic rings. The summed E-state index contributed by atoms with van der Waals surface area (Å²) in [5, 5.41) is 3.86.